The molecule has 2 aromatic rings. The van der Waals surface area contributed by atoms with Crippen LogP contribution in [0.4, 0.5) is 0 Å². The van der Waals surface area contributed by atoms with Crippen molar-refractivity contribution in [1.29, 1.82) is 0 Å². The lowest BCUT2D eigenvalue weighted by Gasteiger charge is -2.33. The van der Waals surface area contributed by atoms with Crippen molar-refractivity contribution in [1.82, 2.24) is 5.43 Å². The molecule has 4 rings (SSSR count). The van der Waals surface area contributed by atoms with Crippen LogP contribution in [0.25, 0.3) is 0 Å². The fraction of sp³-hybridized carbons (Fsp3) is 0.286. The molecule has 0 saturated carbocycles. The Balaban J connectivity index is 1.62. The van der Waals surface area contributed by atoms with Crippen molar-refractivity contribution in [2.24, 2.45) is 10.5 Å². The number of benzene rings is 1. The first kappa shape index (κ1) is 17.3. The van der Waals surface area contributed by atoms with Crippen LogP contribution in [-0.2, 0) is 9.53 Å². The number of ether oxygens (including phenoxy) is 1. The molecule has 6 heteroatoms. The van der Waals surface area contributed by atoms with Gasteiger partial charge in [0, 0.05) is 16.5 Å². The van der Waals surface area contributed by atoms with Gasteiger partial charge in [0.1, 0.15) is 6.10 Å². The molecule has 1 N–H and O–H groups in total. The molecule has 2 aliphatic rings. The van der Waals surface area contributed by atoms with Crippen LogP contribution in [0.2, 0.25) is 0 Å². The Hall–Kier alpha value is -3.15. The standard InChI is InChI=1S/C21H20N2O4/c1-13-16(22-23-19(24)14-6-4-3-5-7-14)8-10-21(2)17(13)20(25)27-18(21)15-9-11-26-12-15/h3-7,9,11-12,18H,8,10H2,1-2H3,(H,23,24)/b22-16+/t18-,21+/m0/s1. The van der Waals surface area contributed by atoms with Crippen LogP contribution in [0.3, 0.4) is 0 Å². The maximum absolute atomic E-state index is 12.6. The van der Waals surface area contributed by atoms with E-state index in [2.05, 4.69) is 10.5 Å². The normalized spacial score (nSPS) is 26.1. The molecule has 1 aliphatic carbocycles. The molecule has 6 nitrogen and oxygen atoms in total. The molecule has 1 fully saturated rings. The van der Waals surface area contributed by atoms with Crippen LogP contribution in [0.15, 0.2) is 69.6 Å². The SMILES string of the molecule is CC1=C2C(=O)O[C@@H](c3ccoc3)[C@]2(C)CC/C1=N\NC(=O)c1ccccc1. The van der Waals surface area contributed by atoms with Gasteiger partial charge in [-0.3, -0.25) is 4.79 Å². The smallest absolute Gasteiger partial charge is 0.335 e. The van der Waals surface area contributed by atoms with E-state index in [0.717, 1.165) is 11.1 Å². The highest BCUT2D eigenvalue weighted by Crippen LogP contribution is 2.55. The van der Waals surface area contributed by atoms with Gasteiger partial charge in [0.05, 0.1) is 23.8 Å². The molecule has 1 aliphatic heterocycles. The number of hydrogen-bond donors (Lipinski definition) is 1. The summed E-state index contributed by atoms with van der Waals surface area (Å²) in [5, 5.41) is 4.29. The number of furan rings is 1. The van der Waals surface area contributed by atoms with Gasteiger partial charge >= 0.3 is 5.97 Å². The largest absolute Gasteiger partial charge is 0.472 e. The first-order valence-corrected chi connectivity index (χ1v) is 8.87. The van der Waals surface area contributed by atoms with Gasteiger partial charge in [-0.25, -0.2) is 10.2 Å². The molecule has 138 valence electrons. The molecule has 1 amide bonds. The summed E-state index contributed by atoms with van der Waals surface area (Å²) in [6.45, 7) is 3.90. The highest BCUT2D eigenvalue weighted by molar-refractivity contribution is 6.10. The lowest BCUT2D eigenvalue weighted by atomic mass is 9.68. The van der Waals surface area contributed by atoms with Crippen molar-refractivity contribution in [3.05, 3.63) is 71.2 Å². The van der Waals surface area contributed by atoms with E-state index >= 15 is 0 Å². The van der Waals surface area contributed by atoms with E-state index in [9.17, 15) is 9.59 Å². The van der Waals surface area contributed by atoms with E-state index in [4.69, 9.17) is 9.15 Å². The van der Waals surface area contributed by atoms with E-state index in [1.165, 1.54) is 0 Å². The van der Waals surface area contributed by atoms with Gasteiger partial charge < -0.3 is 9.15 Å². The number of allylic oxidation sites excluding steroid dienone is 1. The summed E-state index contributed by atoms with van der Waals surface area (Å²) in [5.74, 6) is -0.609. The molecular weight excluding hydrogens is 344 g/mol. The Morgan fingerprint density at radius 1 is 1.26 bits per heavy atom. The number of hydrogen-bond acceptors (Lipinski definition) is 5. The Morgan fingerprint density at radius 2 is 2.04 bits per heavy atom. The molecule has 1 aromatic heterocycles. The number of carbonyl (C=O) groups excluding carboxylic acids is 2. The van der Waals surface area contributed by atoms with Crippen LogP contribution < -0.4 is 5.43 Å². The highest BCUT2D eigenvalue weighted by Gasteiger charge is 2.53. The summed E-state index contributed by atoms with van der Waals surface area (Å²) in [7, 11) is 0. The number of esters is 1. The Bertz CT molecular complexity index is 944. The van der Waals surface area contributed by atoms with Gasteiger partial charge in [-0.1, -0.05) is 25.1 Å². The Labute approximate surface area is 156 Å². The average Bonchev–Trinajstić information content (AvgIpc) is 3.28. The summed E-state index contributed by atoms with van der Waals surface area (Å²) in [5.41, 5.74) is 5.65. The number of nitrogens with zero attached hydrogens (tertiary/aromatic N) is 1. The molecule has 0 spiro atoms. The van der Waals surface area contributed by atoms with Gasteiger partial charge in [0.25, 0.3) is 5.91 Å². The van der Waals surface area contributed by atoms with Gasteiger partial charge in [-0.2, -0.15) is 5.10 Å². The Morgan fingerprint density at radius 3 is 2.74 bits per heavy atom. The zero-order valence-corrected chi connectivity index (χ0v) is 15.2. The lowest BCUT2D eigenvalue weighted by molar-refractivity contribution is -0.140. The molecular formula is C21H20N2O4. The van der Waals surface area contributed by atoms with Gasteiger partial charge in [-0.15, -0.1) is 0 Å². The third-order valence-electron chi connectivity index (χ3n) is 5.44. The van der Waals surface area contributed by atoms with Crippen LogP contribution in [0.1, 0.15) is 48.7 Å². The van der Waals surface area contributed by atoms with Gasteiger partial charge in [-0.05, 0) is 43.5 Å². The zero-order valence-electron chi connectivity index (χ0n) is 15.2. The molecule has 2 heterocycles. The van der Waals surface area contributed by atoms with Crippen molar-refractivity contribution >= 4 is 17.6 Å². The van der Waals surface area contributed by atoms with Crippen molar-refractivity contribution in [2.45, 2.75) is 32.8 Å². The summed E-state index contributed by atoms with van der Waals surface area (Å²) >= 11 is 0. The molecule has 0 bridgehead atoms. The fourth-order valence-corrected chi connectivity index (χ4v) is 3.98. The third-order valence-corrected chi connectivity index (χ3v) is 5.44. The lowest BCUT2D eigenvalue weighted by Crippen LogP contribution is -2.31. The van der Waals surface area contributed by atoms with Crippen LogP contribution in [0, 0.1) is 5.41 Å². The quantitative estimate of drug-likeness (QED) is 0.664. The minimum Gasteiger partial charge on any atom is -0.472 e. The number of nitrogens with one attached hydrogen (secondary N) is 1. The number of carbonyl (C=O) groups is 2. The minimum atomic E-state index is -0.437. The summed E-state index contributed by atoms with van der Waals surface area (Å²) in [4.78, 5) is 24.8. The molecule has 1 saturated heterocycles. The predicted molar refractivity (Wildman–Crippen MR) is 98.9 cm³/mol. The zero-order chi connectivity index (χ0) is 19.0. The summed E-state index contributed by atoms with van der Waals surface area (Å²) < 4.78 is 10.8. The summed E-state index contributed by atoms with van der Waals surface area (Å²) in [6.07, 6.45) is 4.17. The average molecular weight is 364 g/mol. The first-order chi connectivity index (χ1) is 13.0. The Kier molecular flexibility index (Phi) is 4.18. The predicted octanol–water partition coefficient (Wildman–Crippen LogP) is 3.78. The van der Waals surface area contributed by atoms with E-state index in [1.54, 1.807) is 36.8 Å². The fourth-order valence-electron chi connectivity index (χ4n) is 3.98. The van der Waals surface area contributed by atoms with Crippen molar-refractivity contribution in [2.75, 3.05) is 0 Å². The van der Waals surface area contributed by atoms with Crippen LogP contribution in [0.5, 0.6) is 0 Å². The van der Waals surface area contributed by atoms with Gasteiger partial charge in [0.2, 0.25) is 0 Å². The number of rotatable bonds is 3. The second-order valence-electron chi connectivity index (χ2n) is 7.12. The minimum absolute atomic E-state index is 0.278. The second kappa shape index (κ2) is 6.54. The van der Waals surface area contributed by atoms with Crippen LogP contribution in [-0.4, -0.2) is 17.6 Å². The van der Waals surface area contributed by atoms with E-state index < -0.39 is 5.41 Å². The number of fused-ring (bicyclic) bond motifs is 1. The van der Waals surface area contributed by atoms with Crippen molar-refractivity contribution in [3.63, 3.8) is 0 Å². The van der Waals surface area contributed by atoms with E-state index in [-0.39, 0.29) is 18.0 Å². The monoisotopic (exact) mass is 364 g/mol. The number of cyclic esters (lactones) is 1. The topological polar surface area (TPSA) is 80.9 Å². The maximum atomic E-state index is 12.6. The highest BCUT2D eigenvalue weighted by atomic mass is 16.6. The second-order valence-corrected chi connectivity index (χ2v) is 7.12. The van der Waals surface area contributed by atoms with Crippen molar-refractivity contribution < 1.29 is 18.7 Å². The third kappa shape index (κ3) is 2.87. The molecule has 0 unspecified atom stereocenters. The maximum Gasteiger partial charge on any atom is 0.335 e. The molecule has 27 heavy (non-hydrogen) atoms. The van der Waals surface area contributed by atoms with Gasteiger partial charge in [0.15, 0.2) is 0 Å². The molecule has 0 radical (unpaired) electrons. The molecule has 2 atom stereocenters. The van der Waals surface area contributed by atoms with Crippen molar-refractivity contribution in [3.8, 4) is 0 Å². The number of hydrazone groups is 1. The number of amides is 1. The van der Waals surface area contributed by atoms with E-state index in [1.807, 2.05) is 26.0 Å². The van der Waals surface area contributed by atoms with Crippen LogP contribution >= 0.6 is 0 Å². The van der Waals surface area contributed by atoms with E-state index in [0.29, 0.717) is 29.7 Å². The summed E-state index contributed by atoms with van der Waals surface area (Å²) in [6, 6.07) is 10.7. The molecule has 1 aromatic carbocycles. The first-order valence-electron chi connectivity index (χ1n) is 8.87.